The van der Waals surface area contributed by atoms with E-state index in [0.29, 0.717) is 12.3 Å². The van der Waals surface area contributed by atoms with Crippen LogP contribution >= 0.6 is 0 Å². The molecule has 2 aromatic carbocycles. The predicted octanol–water partition coefficient (Wildman–Crippen LogP) is 7.95. The number of carbonyl (C=O) groups is 2. The van der Waals surface area contributed by atoms with Crippen molar-refractivity contribution in [3.05, 3.63) is 59.7 Å². The third-order valence-corrected chi connectivity index (χ3v) is 12.9. The Bertz CT molecular complexity index is 1070. The number of alkyl carbamates (subject to hydrolysis) is 1. The standard InChI is InChI=1S/C32H47NO4Si/c1-21(2)18-29(30(19-22(3)23(4)34)37-38(8,9)32(5,6)7)33-31(35)36-20-28-26-16-12-10-14-24(26)25-15-11-13-17-27(25)28/h10-17,21-22,28-30H,18-20H2,1-9H3,(H,33,35). The van der Waals surface area contributed by atoms with E-state index < -0.39 is 14.4 Å². The summed E-state index contributed by atoms with van der Waals surface area (Å²) in [6.07, 6.45) is 0.617. The quantitative estimate of drug-likeness (QED) is 0.295. The molecule has 208 valence electrons. The van der Waals surface area contributed by atoms with Crippen molar-refractivity contribution in [1.82, 2.24) is 5.32 Å². The molecule has 3 unspecified atom stereocenters. The van der Waals surface area contributed by atoms with Gasteiger partial charge in [-0.2, -0.15) is 0 Å². The Kier molecular flexibility index (Phi) is 9.64. The summed E-state index contributed by atoms with van der Waals surface area (Å²) in [4.78, 5) is 25.5. The van der Waals surface area contributed by atoms with E-state index in [2.05, 4.69) is 77.3 Å². The normalized spacial score (nSPS) is 15.9. The van der Waals surface area contributed by atoms with E-state index in [0.717, 1.165) is 6.42 Å². The molecule has 3 rings (SSSR count). The van der Waals surface area contributed by atoms with Gasteiger partial charge in [0.15, 0.2) is 8.32 Å². The Morgan fingerprint density at radius 1 is 0.921 bits per heavy atom. The van der Waals surface area contributed by atoms with Crippen LogP contribution in [0.3, 0.4) is 0 Å². The fourth-order valence-electron chi connectivity index (χ4n) is 4.97. The van der Waals surface area contributed by atoms with Gasteiger partial charge in [0, 0.05) is 11.8 Å². The number of ether oxygens (including phenoxy) is 1. The van der Waals surface area contributed by atoms with Crippen LogP contribution in [-0.4, -0.2) is 38.9 Å². The molecule has 3 atom stereocenters. The molecular weight excluding hydrogens is 490 g/mol. The fourth-order valence-corrected chi connectivity index (χ4v) is 6.34. The van der Waals surface area contributed by atoms with Crippen LogP contribution in [0.2, 0.25) is 18.1 Å². The van der Waals surface area contributed by atoms with Crippen LogP contribution in [0.15, 0.2) is 48.5 Å². The van der Waals surface area contributed by atoms with Crippen molar-refractivity contribution in [1.29, 1.82) is 0 Å². The van der Waals surface area contributed by atoms with E-state index in [-0.39, 0.29) is 41.4 Å². The first kappa shape index (κ1) is 30.1. The molecule has 1 aliphatic carbocycles. The van der Waals surface area contributed by atoms with Crippen molar-refractivity contribution in [3.8, 4) is 11.1 Å². The second-order valence-corrected chi connectivity index (χ2v) is 17.6. The molecular formula is C32H47NO4Si. The summed E-state index contributed by atoms with van der Waals surface area (Å²) >= 11 is 0. The number of Topliss-reactive ketones (excluding diaryl/α,β-unsaturated/α-hetero) is 1. The molecule has 0 radical (unpaired) electrons. The molecule has 0 saturated heterocycles. The number of benzene rings is 2. The van der Waals surface area contributed by atoms with E-state index in [1.807, 2.05) is 31.2 Å². The topological polar surface area (TPSA) is 64.6 Å². The van der Waals surface area contributed by atoms with Crippen LogP contribution in [0.25, 0.3) is 11.1 Å². The highest BCUT2D eigenvalue weighted by Crippen LogP contribution is 2.44. The minimum atomic E-state index is -2.16. The summed E-state index contributed by atoms with van der Waals surface area (Å²) < 4.78 is 12.8. The number of nitrogens with one attached hydrogen (secondary N) is 1. The minimum absolute atomic E-state index is 0.00807. The van der Waals surface area contributed by atoms with Crippen LogP contribution in [0.4, 0.5) is 4.79 Å². The highest BCUT2D eigenvalue weighted by atomic mass is 28.4. The zero-order valence-corrected chi connectivity index (χ0v) is 25.8. The number of carbonyl (C=O) groups excluding carboxylic acids is 2. The maximum absolute atomic E-state index is 13.3. The number of rotatable bonds is 11. The average Bonchev–Trinajstić information content (AvgIpc) is 3.14. The lowest BCUT2D eigenvalue weighted by Crippen LogP contribution is -2.53. The summed E-state index contributed by atoms with van der Waals surface area (Å²) in [5, 5.41) is 3.17. The summed E-state index contributed by atoms with van der Waals surface area (Å²) in [5.74, 6) is 0.336. The Balaban J connectivity index is 1.79. The first-order chi connectivity index (χ1) is 17.7. The van der Waals surface area contributed by atoms with Gasteiger partial charge >= 0.3 is 6.09 Å². The van der Waals surface area contributed by atoms with Crippen molar-refractivity contribution < 1.29 is 18.8 Å². The lowest BCUT2D eigenvalue weighted by Gasteiger charge is -2.42. The number of amides is 1. The summed E-state index contributed by atoms with van der Waals surface area (Å²) in [6.45, 7) is 19.2. The average molecular weight is 538 g/mol. The molecule has 2 aromatic rings. The molecule has 0 aliphatic heterocycles. The monoisotopic (exact) mass is 537 g/mol. The van der Waals surface area contributed by atoms with Gasteiger partial charge in [0.1, 0.15) is 12.4 Å². The van der Waals surface area contributed by atoms with Crippen LogP contribution in [0, 0.1) is 11.8 Å². The first-order valence-electron chi connectivity index (χ1n) is 14.0. The molecule has 0 heterocycles. The van der Waals surface area contributed by atoms with Gasteiger partial charge < -0.3 is 14.5 Å². The van der Waals surface area contributed by atoms with E-state index in [1.54, 1.807) is 6.92 Å². The molecule has 0 saturated carbocycles. The summed E-state index contributed by atoms with van der Waals surface area (Å²) in [6, 6.07) is 16.4. The third-order valence-electron chi connectivity index (χ3n) is 8.35. The molecule has 1 N–H and O–H groups in total. The van der Waals surface area contributed by atoms with E-state index in [1.165, 1.54) is 22.3 Å². The molecule has 38 heavy (non-hydrogen) atoms. The minimum Gasteiger partial charge on any atom is -0.449 e. The molecule has 6 heteroatoms. The van der Waals surface area contributed by atoms with Gasteiger partial charge in [-0.25, -0.2) is 4.79 Å². The van der Waals surface area contributed by atoms with Crippen molar-refractivity contribution in [3.63, 3.8) is 0 Å². The number of hydrogen-bond donors (Lipinski definition) is 1. The Morgan fingerprint density at radius 2 is 1.45 bits per heavy atom. The third kappa shape index (κ3) is 7.14. The Labute approximate surface area is 230 Å². The second-order valence-electron chi connectivity index (χ2n) is 12.9. The molecule has 0 fully saturated rings. The molecule has 0 spiro atoms. The van der Waals surface area contributed by atoms with Gasteiger partial charge in [-0.3, -0.25) is 4.79 Å². The summed E-state index contributed by atoms with van der Waals surface area (Å²) in [7, 11) is -2.16. The number of ketones is 1. The van der Waals surface area contributed by atoms with Crippen LogP contribution < -0.4 is 5.32 Å². The highest BCUT2D eigenvalue weighted by Gasteiger charge is 2.42. The van der Waals surface area contributed by atoms with E-state index >= 15 is 0 Å². The molecule has 5 nitrogen and oxygen atoms in total. The predicted molar refractivity (Wildman–Crippen MR) is 158 cm³/mol. The lowest BCUT2D eigenvalue weighted by molar-refractivity contribution is -0.121. The zero-order chi connectivity index (χ0) is 28.3. The molecule has 0 aromatic heterocycles. The second kappa shape index (κ2) is 12.2. The van der Waals surface area contributed by atoms with E-state index in [4.69, 9.17) is 9.16 Å². The van der Waals surface area contributed by atoms with Crippen molar-refractivity contribution in [2.24, 2.45) is 11.8 Å². The lowest BCUT2D eigenvalue weighted by atomic mass is 9.91. The maximum atomic E-state index is 13.3. The van der Waals surface area contributed by atoms with Crippen molar-refractivity contribution in [2.75, 3.05) is 6.61 Å². The van der Waals surface area contributed by atoms with Gasteiger partial charge in [-0.1, -0.05) is 90.1 Å². The molecule has 1 aliphatic rings. The summed E-state index contributed by atoms with van der Waals surface area (Å²) in [5.41, 5.74) is 4.79. The number of fused-ring (bicyclic) bond motifs is 3. The van der Waals surface area contributed by atoms with Crippen LogP contribution in [0.5, 0.6) is 0 Å². The maximum Gasteiger partial charge on any atom is 0.407 e. The first-order valence-corrected chi connectivity index (χ1v) is 16.9. The van der Waals surface area contributed by atoms with Gasteiger partial charge in [0.05, 0.1) is 12.1 Å². The fraction of sp³-hybridized carbons (Fsp3) is 0.562. The largest absolute Gasteiger partial charge is 0.449 e. The Morgan fingerprint density at radius 3 is 1.92 bits per heavy atom. The zero-order valence-electron chi connectivity index (χ0n) is 24.8. The van der Waals surface area contributed by atoms with Crippen molar-refractivity contribution >= 4 is 20.2 Å². The van der Waals surface area contributed by atoms with Crippen molar-refractivity contribution in [2.45, 2.75) is 97.5 Å². The SMILES string of the molecule is CC(=O)C(C)CC(O[Si](C)(C)C(C)(C)C)C(CC(C)C)NC(=O)OCC1c2ccccc2-c2ccccc21. The van der Waals surface area contributed by atoms with Gasteiger partial charge in [0.25, 0.3) is 0 Å². The van der Waals surface area contributed by atoms with E-state index in [9.17, 15) is 9.59 Å². The smallest absolute Gasteiger partial charge is 0.407 e. The molecule has 1 amide bonds. The van der Waals surface area contributed by atoms with Gasteiger partial charge in [-0.15, -0.1) is 0 Å². The number of hydrogen-bond acceptors (Lipinski definition) is 4. The molecule has 0 bridgehead atoms. The highest BCUT2D eigenvalue weighted by molar-refractivity contribution is 6.74. The van der Waals surface area contributed by atoms with Crippen LogP contribution in [0.1, 0.15) is 78.4 Å². The van der Waals surface area contributed by atoms with Gasteiger partial charge in [-0.05, 0) is 66.1 Å². The van der Waals surface area contributed by atoms with Gasteiger partial charge in [0.2, 0.25) is 0 Å². The Hall–Kier alpha value is -2.44. The van der Waals surface area contributed by atoms with Crippen LogP contribution in [-0.2, 0) is 14.0 Å².